The van der Waals surface area contributed by atoms with Crippen molar-refractivity contribution in [3.8, 4) is 0 Å². The van der Waals surface area contributed by atoms with Crippen molar-refractivity contribution in [2.75, 3.05) is 0 Å². The van der Waals surface area contributed by atoms with Crippen LogP contribution in [0, 0.1) is 14.4 Å². The van der Waals surface area contributed by atoms with Gasteiger partial charge in [0.15, 0.2) is 0 Å². The van der Waals surface area contributed by atoms with Crippen LogP contribution in [-0.4, -0.2) is 0 Å². The predicted molar refractivity (Wildman–Crippen MR) is 17.4 cm³/mol. The first-order valence-corrected chi connectivity index (χ1v) is 0.707. The van der Waals surface area contributed by atoms with Gasteiger partial charge in [-0.3, -0.25) is 0 Å². The van der Waals surface area contributed by atoms with Crippen LogP contribution in [0.5, 0.6) is 0 Å². The van der Waals surface area contributed by atoms with Gasteiger partial charge in [0.2, 0.25) is 0 Å². The molecule has 4 heteroatoms. The van der Waals surface area contributed by atoms with E-state index < -0.39 is 0 Å². The topological polar surface area (TPSA) is 0 Å². The van der Waals surface area contributed by atoms with E-state index in [4.69, 9.17) is 0 Å². The first-order valence-electron chi connectivity index (χ1n) is 0.707. The molecule has 0 fully saturated rings. The molecule has 0 rings (SSSR count). The van der Waals surface area contributed by atoms with Crippen molar-refractivity contribution in [2.45, 2.75) is 6.92 Å². The van der Waals surface area contributed by atoms with Crippen LogP contribution in [0.15, 0.2) is 0 Å². The summed E-state index contributed by atoms with van der Waals surface area (Å²) < 4.78 is 0. The van der Waals surface area contributed by atoms with E-state index in [1.807, 2.05) is 0 Å². The Hall–Kier alpha value is 4.42. The zero-order valence-corrected chi connectivity index (χ0v) is 16.4. The Labute approximate surface area is 148 Å². The second-order valence-corrected chi connectivity index (χ2v) is 0. The zero-order valence-electron chi connectivity index (χ0n) is 5.02. The van der Waals surface area contributed by atoms with E-state index in [1.165, 1.54) is 0 Å². The summed E-state index contributed by atoms with van der Waals surface area (Å²) in [6.07, 6.45) is 0. The minimum absolute atomic E-state index is 0. The van der Waals surface area contributed by atoms with Gasteiger partial charge in [-0.25, -0.2) is 0 Å². The number of hydrogen-bond acceptors (Lipinski definition) is 0. The SMILES string of the molecule is [CH2-]C.[CH3-].[Y].[Y].[Y].[Y]. The van der Waals surface area contributed by atoms with E-state index in [2.05, 4.69) is 6.92 Å². The minimum Gasteiger partial charge on any atom is -0.358 e. The second kappa shape index (κ2) is 47.4. The fraction of sp³-hybridized carbons (Fsp3) is 0.333. The molecule has 0 aliphatic heterocycles. The predicted octanol–water partition coefficient (Wildman–Crippen LogP) is 1.28. The molecule has 0 unspecified atom stereocenters. The van der Waals surface area contributed by atoms with Gasteiger partial charge in [-0.1, -0.05) is 0 Å². The molecular formula is C3H8Y4-2. The van der Waals surface area contributed by atoms with E-state index in [0.29, 0.717) is 0 Å². The van der Waals surface area contributed by atoms with Gasteiger partial charge in [-0.15, -0.1) is 0 Å². The molecule has 0 atom stereocenters. The molecule has 0 saturated carbocycles. The average molecular weight is 400 g/mol. The standard InChI is InChI=1S/C2H5.CH3.4Y/c1-2;;;;;/h1H2,2H3;1H3;;;;/q2*-1;;;;. The fourth-order valence-electron chi connectivity index (χ4n) is 0. The van der Waals surface area contributed by atoms with Crippen molar-refractivity contribution in [2.24, 2.45) is 0 Å². The van der Waals surface area contributed by atoms with Crippen molar-refractivity contribution in [1.29, 1.82) is 0 Å². The fourth-order valence-corrected chi connectivity index (χ4v) is 0. The molecule has 0 spiro atoms. The number of hydrogen-bond donors (Lipinski definition) is 0. The van der Waals surface area contributed by atoms with Gasteiger partial charge in [0, 0.05) is 131 Å². The molecule has 0 bridgehead atoms. The Balaban J connectivity index is -0.000000000500. The third-order valence-electron chi connectivity index (χ3n) is 0. The quantitative estimate of drug-likeness (QED) is 0.538. The molecule has 4 radical (unpaired) electrons. The van der Waals surface area contributed by atoms with Crippen LogP contribution in [0.1, 0.15) is 6.92 Å². The van der Waals surface area contributed by atoms with E-state index in [-0.39, 0.29) is 138 Å². The van der Waals surface area contributed by atoms with Gasteiger partial charge in [0.1, 0.15) is 0 Å². The van der Waals surface area contributed by atoms with E-state index in [9.17, 15) is 0 Å². The first kappa shape index (κ1) is 42.2. The van der Waals surface area contributed by atoms with Gasteiger partial charge in [0.05, 0.1) is 0 Å². The van der Waals surface area contributed by atoms with Gasteiger partial charge < -0.3 is 14.4 Å². The molecule has 0 amide bonds. The summed E-state index contributed by atoms with van der Waals surface area (Å²) in [6, 6.07) is 0. The van der Waals surface area contributed by atoms with Crippen LogP contribution < -0.4 is 0 Å². The minimum atomic E-state index is 0. The maximum absolute atomic E-state index is 3.25. The average Bonchev–Trinajstić information content (AvgIpc) is 1.00. The van der Waals surface area contributed by atoms with Crippen LogP contribution in [0.4, 0.5) is 0 Å². The summed E-state index contributed by atoms with van der Waals surface area (Å²) in [5.41, 5.74) is 0. The van der Waals surface area contributed by atoms with Gasteiger partial charge in [0.25, 0.3) is 0 Å². The van der Waals surface area contributed by atoms with Crippen molar-refractivity contribution in [3.05, 3.63) is 14.4 Å². The smallest absolute Gasteiger partial charge is 0 e. The molecule has 0 N–H and O–H groups in total. The molecule has 0 aromatic carbocycles. The van der Waals surface area contributed by atoms with Crippen LogP contribution in [0.2, 0.25) is 0 Å². The van der Waals surface area contributed by atoms with Crippen molar-refractivity contribution in [3.63, 3.8) is 0 Å². The van der Waals surface area contributed by atoms with Gasteiger partial charge >= 0.3 is 0 Å². The van der Waals surface area contributed by atoms with Crippen molar-refractivity contribution < 1.29 is 131 Å². The molecule has 34 valence electrons. The van der Waals surface area contributed by atoms with Crippen molar-refractivity contribution in [1.82, 2.24) is 0 Å². The summed E-state index contributed by atoms with van der Waals surface area (Å²) in [6.45, 7) is 5.00. The molecule has 0 aliphatic rings. The molecule has 0 aliphatic carbocycles. The maximum Gasteiger partial charge on any atom is 0 e. The molecule has 0 aromatic heterocycles. The Morgan fingerprint density at radius 3 is 0.714 bits per heavy atom. The molecule has 0 aromatic rings. The van der Waals surface area contributed by atoms with Crippen LogP contribution >= 0.6 is 0 Å². The van der Waals surface area contributed by atoms with Crippen LogP contribution in [0.25, 0.3) is 0 Å². The summed E-state index contributed by atoms with van der Waals surface area (Å²) in [4.78, 5) is 0. The summed E-state index contributed by atoms with van der Waals surface area (Å²) >= 11 is 0. The molecule has 0 saturated heterocycles. The monoisotopic (exact) mass is 400 g/mol. The Morgan fingerprint density at radius 1 is 0.714 bits per heavy atom. The largest absolute Gasteiger partial charge is 0.358 e. The first-order chi connectivity index (χ1) is 1.00. The maximum atomic E-state index is 3.25. The van der Waals surface area contributed by atoms with E-state index >= 15 is 0 Å². The third-order valence-corrected chi connectivity index (χ3v) is 0. The summed E-state index contributed by atoms with van der Waals surface area (Å²) in [5.74, 6) is 0. The van der Waals surface area contributed by atoms with Crippen LogP contribution in [0.3, 0.4) is 0 Å². The Bertz CT molecular complexity index is 6.90. The normalized spacial score (nSPS) is 0.857. The summed E-state index contributed by atoms with van der Waals surface area (Å²) in [5, 5.41) is 0. The van der Waals surface area contributed by atoms with Crippen molar-refractivity contribution >= 4 is 0 Å². The molecule has 0 heterocycles. The third kappa shape index (κ3) is 37.8. The molecule has 0 nitrogen and oxygen atoms in total. The van der Waals surface area contributed by atoms with E-state index in [0.717, 1.165) is 0 Å². The second-order valence-electron chi connectivity index (χ2n) is 0. The molecular weight excluding hydrogens is 392 g/mol. The zero-order chi connectivity index (χ0) is 2.00. The Morgan fingerprint density at radius 2 is 0.714 bits per heavy atom. The summed E-state index contributed by atoms with van der Waals surface area (Å²) in [7, 11) is 0. The van der Waals surface area contributed by atoms with Gasteiger partial charge in [-0.05, 0) is 0 Å². The molecule has 7 heavy (non-hydrogen) atoms. The van der Waals surface area contributed by atoms with Crippen LogP contribution in [-0.2, 0) is 131 Å². The van der Waals surface area contributed by atoms with E-state index in [1.54, 1.807) is 6.92 Å². The Kier molecular flexibility index (Phi) is 286. The number of rotatable bonds is 0. The van der Waals surface area contributed by atoms with Gasteiger partial charge in [-0.2, -0.15) is 6.92 Å².